The Morgan fingerprint density at radius 1 is 1.09 bits per heavy atom. The summed E-state index contributed by atoms with van der Waals surface area (Å²) in [7, 11) is 1.48. The van der Waals surface area contributed by atoms with Crippen LogP contribution in [0.3, 0.4) is 0 Å². The summed E-state index contributed by atoms with van der Waals surface area (Å²) in [6.45, 7) is 4.62. The Labute approximate surface area is 200 Å². The molecule has 0 aromatic heterocycles. The number of carbonyl (C=O) groups excluding carboxylic acids is 2. The Hall–Kier alpha value is -3.02. The van der Waals surface area contributed by atoms with Gasteiger partial charge in [-0.25, -0.2) is 5.43 Å². The molecule has 10 heteroatoms. The lowest BCUT2D eigenvalue weighted by Gasteiger charge is -2.13. The number of halogens is 1. The van der Waals surface area contributed by atoms with Gasteiger partial charge in [0.25, 0.3) is 11.8 Å². The number of benzene rings is 2. The van der Waals surface area contributed by atoms with Crippen LogP contribution in [0.2, 0.25) is 0 Å². The summed E-state index contributed by atoms with van der Waals surface area (Å²) in [6, 6.07) is 8.41. The topological polar surface area (TPSA) is 121 Å². The highest BCUT2D eigenvalue weighted by Gasteiger charge is 2.13. The summed E-state index contributed by atoms with van der Waals surface area (Å²) >= 11 is 2.05. The summed E-state index contributed by atoms with van der Waals surface area (Å²) in [4.78, 5) is 23.5. The van der Waals surface area contributed by atoms with Crippen molar-refractivity contribution in [2.24, 2.45) is 10.8 Å². The summed E-state index contributed by atoms with van der Waals surface area (Å²) in [5, 5.41) is 4.02. The van der Waals surface area contributed by atoms with E-state index in [1.54, 1.807) is 30.3 Å². The molecule has 3 N–H and O–H groups in total. The molecule has 2 aromatic carbocycles. The van der Waals surface area contributed by atoms with Crippen LogP contribution in [0.4, 0.5) is 0 Å². The highest BCUT2D eigenvalue weighted by Crippen LogP contribution is 2.33. The molecule has 0 unspecified atom stereocenters. The van der Waals surface area contributed by atoms with Crippen molar-refractivity contribution in [1.82, 2.24) is 5.43 Å². The van der Waals surface area contributed by atoms with E-state index in [0.29, 0.717) is 50.9 Å². The fraction of sp³-hybridized carbons (Fsp3) is 0.318. The second-order valence-electron chi connectivity index (χ2n) is 6.43. The summed E-state index contributed by atoms with van der Waals surface area (Å²) in [5.74, 6) is 0.926. The first-order valence-corrected chi connectivity index (χ1v) is 11.0. The predicted octanol–water partition coefficient (Wildman–Crippen LogP) is 3.12. The normalized spacial score (nSPS) is 10.6. The van der Waals surface area contributed by atoms with Crippen molar-refractivity contribution in [3.8, 4) is 23.0 Å². The van der Waals surface area contributed by atoms with Crippen LogP contribution in [0, 0.1) is 3.57 Å². The highest BCUT2D eigenvalue weighted by molar-refractivity contribution is 14.1. The number of ether oxygens (including phenoxy) is 4. The van der Waals surface area contributed by atoms with E-state index >= 15 is 0 Å². The number of nitrogens with zero attached hydrogens (tertiary/aromatic N) is 1. The fourth-order valence-electron chi connectivity index (χ4n) is 2.58. The van der Waals surface area contributed by atoms with Gasteiger partial charge in [-0.1, -0.05) is 6.92 Å². The number of carbonyl (C=O) groups is 2. The van der Waals surface area contributed by atoms with Crippen molar-refractivity contribution < 1.29 is 28.5 Å². The van der Waals surface area contributed by atoms with E-state index in [4.69, 9.17) is 24.7 Å². The molecule has 172 valence electrons. The lowest BCUT2D eigenvalue weighted by atomic mass is 10.2. The van der Waals surface area contributed by atoms with Gasteiger partial charge in [-0.15, -0.1) is 0 Å². The van der Waals surface area contributed by atoms with Gasteiger partial charge in [-0.3, -0.25) is 9.59 Å². The van der Waals surface area contributed by atoms with Crippen LogP contribution in [0.15, 0.2) is 35.4 Å². The van der Waals surface area contributed by atoms with Gasteiger partial charge in [-0.2, -0.15) is 5.10 Å². The zero-order valence-corrected chi connectivity index (χ0v) is 20.3. The molecule has 2 rings (SSSR count). The molecule has 32 heavy (non-hydrogen) atoms. The van der Waals surface area contributed by atoms with Crippen molar-refractivity contribution in [1.29, 1.82) is 0 Å². The minimum Gasteiger partial charge on any atom is -0.493 e. The number of hydrogen-bond acceptors (Lipinski definition) is 7. The molecule has 2 amide bonds. The third-order valence-electron chi connectivity index (χ3n) is 3.96. The molecule has 2 aromatic rings. The van der Waals surface area contributed by atoms with Gasteiger partial charge in [0.05, 0.1) is 30.1 Å². The van der Waals surface area contributed by atoms with Crippen molar-refractivity contribution >= 4 is 40.6 Å². The Morgan fingerprint density at radius 3 is 2.53 bits per heavy atom. The van der Waals surface area contributed by atoms with Gasteiger partial charge in [0.15, 0.2) is 29.6 Å². The first-order valence-electron chi connectivity index (χ1n) is 9.91. The Bertz CT molecular complexity index is 980. The van der Waals surface area contributed by atoms with Gasteiger partial charge in [-0.05, 0) is 71.8 Å². The molecule has 0 aliphatic rings. The second kappa shape index (κ2) is 12.7. The molecule has 0 radical (unpaired) electrons. The van der Waals surface area contributed by atoms with Crippen LogP contribution >= 0.6 is 22.6 Å². The van der Waals surface area contributed by atoms with Gasteiger partial charge in [0, 0.05) is 5.56 Å². The molecule has 0 aliphatic carbocycles. The monoisotopic (exact) mass is 555 g/mol. The zero-order valence-electron chi connectivity index (χ0n) is 18.1. The van der Waals surface area contributed by atoms with Gasteiger partial charge in [0.1, 0.15) is 0 Å². The van der Waals surface area contributed by atoms with Crippen LogP contribution in [-0.4, -0.2) is 45.0 Å². The molecule has 0 spiro atoms. The number of methoxy groups -OCH3 is 1. The van der Waals surface area contributed by atoms with E-state index in [-0.39, 0.29) is 6.61 Å². The predicted molar refractivity (Wildman–Crippen MR) is 129 cm³/mol. The van der Waals surface area contributed by atoms with Crippen LogP contribution in [0.25, 0.3) is 0 Å². The average Bonchev–Trinajstić information content (AvgIpc) is 2.77. The third kappa shape index (κ3) is 7.29. The summed E-state index contributed by atoms with van der Waals surface area (Å²) in [5.41, 5.74) is 8.66. The van der Waals surface area contributed by atoms with E-state index in [1.807, 2.05) is 36.4 Å². The Morgan fingerprint density at radius 2 is 1.88 bits per heavy atom. The van der Waals surface area contributed by atoms with Crippen molar-refractivity contribution in [3.05, 3.63) is 45.0 Å². The number of nitrogens with one attached hydrogen (secondary N) is 1. The Balaban J connectivity index is 2.12. The lowest BCUT2D eigenvalue weighted by molar-refractivity contribution is -0.119. The van der Waals surface area contributed by atoms with Gasteiger partial charge >= 0.3 is 0 Å². The first kappa shape index (κ1) is 25.2. The van der Waals surface area contributed by atoms with Crippen molar-refractivity contribution in [2.75, 3.05) is 26.9 Å². The van der Waals surface area contributed by atoms with E-state index in [0.717, 1.165) is 6.42 Å². The zero-order chi connectivity index (χ0) is 23.5. The molecule has 0 heterocycles. The fourth-order valence-corrected chi connectivity index (χ4v) is 3.36. The molecule has 0 aliphatic heterocycles. The first-order chi connectivity index (χ1) is 15.4. The van der Waals surface area contributed by atoms with Crippen molar-refractivity contribution in [2.45, 2.75) is 20.3 Å². The van der Waals surface area contributed by atoms with Crippen molar-refractivity contribution in [3.63, 3.8) is 0 Å². The van der Waals surface area contributed by atoms with Crippen LogP contribution < -0.4 is 30.1 Å². The number of hydrogen-bond donors (Lipinski definition) is 2. The quantitative estimate of drug-likeness (QED) is 0.236. The molecule has 0 saturated carbocycles. The second-order valence-corrected chi connectivity index (χ2v) is 7.59. The van der Waals surface area contributed by atoms with Crippen LogP contribution in [-0.2, 0) is 4.79 Å². The molecule has 0 bridgehead atoms. The standard InChI is InChI=1S/C22H26IN3O6/c1-4-8-31-17-7-6-15(11-18(17)30-5-2)22(28)26-25-12-14-9-16(23)21(19(10-14)29-3)32-13-20(24)27/h6-7,9-12H,4-5,8,13H2,1-3H3,(H2,24,27)(H,26,28)/b25-12+. The molecule has 0 atom stereocenters. The van der Waals surface area contributed by atoms with E-state index in [9.17, 15) is 9.59 Å². The number of amides is 2. The average molecular weight is 555 g/mol. The van der Waals surface area contributed by atoms with Gasteiger partial charge in [0.2, 0.25) is 0 Å². The molecule has 9 nitrogen and oxygen atoms in total. The number of nitrogens with two attached hydrogens (primary N) is 1. The third-order valence-corrected chi connectivity index (χ3v) is 4.76. The maximum atomic E-state index is 12.5. The van der Waals surface area contributed by atoms with Crippen LogP contribution in [0.5, 0.6) is 23.0 Å². The minimum atomic E-state index is -0.589. The lowest BCUT2D eigenvalue weighted by Crippen LogP contribution is -2.20. The SMILES string of the molecule is CCCOc1ccc(C(=O)N/N=C/c2cc(I)c(OCC(N)=O)c(OC)c2)cc1OCC. The maximum absolute atomic E-state index is 12.5. The van der Waals surface area contributed by atoms with Gasteiger partial charge < -0.3 is 24.7 Å². The molecular formula is C22H26IN3O6. The Kier molecular flexibility index (Phi) is 10.1. The summed E-state index contributed by atoms with van der Waals surface area (Å²) in [6.07, 6.45) is 2.34. The molecular weight excluding hydrogens is 529 g/mol. The molecule has 0 saturated heterocycles. The maximum Gasteiger partial charge on any atom is 0.271 e. The van der Waals surface area contributed by atoms with E-state index in [1.165, 1.54) is 13.3 Å². The molecule has 0 fully saturated rings. The number of primary amides is 1. The summed E-state index contributed by atoms with van der Waals surface area (Å²) < 4.78 is 22.6. The largest absolute Gasteiger partial charge is 0.493 e. The van der Waals surface area contributed by atoms with E-state index < -0.39 is 11.8 Å². The highest BCUT2D eigenvalue weighted by atomic mass is 127. The smallest absolute Gasteiger partial charge is 0.271 e. The van der Waals surface area contributed by atoms with Crippen LogP contribution in [0.1, 0.15) is 36.2 Å². The number of hydrazone groups is 1. The minimum absolute atomic E-state index is 0.262. The van der Waals surface area contributed by atoms with E-state index in [2.05, 4.69) is 10.5 Å². The number of rotatable bonds is 12.